The fraction of sp³-hybridized carbons (Fsp3) is 1.00. The molecule has 84 valence electrons. The van der Waals surface area contributed by atoms with Gasteiger partial charge >= 0.3 is 0 Å². The molecule has 1 rings (SSSR count). The first kappa shape index (κ1) is 11.9. The van der Waals surface area contributed by atoms with E-state index in [1.807, 2.05) is 6.92 Å². The van der Waals surface area contributed by atoms with Crippen molar-refractivity contribution in [1.82, 2.24) is 9.80 Å². The SMILES string of the molecule is CCN1CCN(C(CO)C(C)N)CC1. The van der Waals surface area contributed by atoms with Crippen molar-refractivity contribution in [2.45, 2.75) is 25.9 Å². The summed E-state index contributed by atoms with van der Waals surface area (Å²) in [5.74, 6) is 0. The van der Waals surface area contributed by atoms with Crippen molar-refractivity contribution in [2.75, 3.05) is 39.3 Å². The molecule has 1 heterocycles. The van der Waals surface area contributed by atoms with Crippen molar-refractivity contribution < 1.29 is 5.11 Å². The van der Waals surface area contributed by atoms with Gasteiger partial charge in [0.15, 0.2) is 0 Å². The van der Waals surface area contributed by atoms with Crippen LogP contribution in [0, 0.1) is 0 Å². The van der Waals surface area contributed by atoms with Crippen LogP contribution in [0.1, 0.15) is 13.8 Å². The largest absolute Gasteiger partial charge is 0.395 e. The summed E-state index contributed by atoms with van der Waals surface area (Å²) in [5.41, 5.74) is 5.83. The first-order valence-electron chi connectivity index (χ1n) is 5.51. The Labute approximate surface area is 86.7 Å². The van der Waals surface area contributed by atoms with Crippen LogP contribution in [0.5, 0.6) is 0 Å². The molecule has 2 atom stereocenters. The number of hydrogen-bond acceptors (Lipinski definition) is 4. The first-order chi connectivity index (χ1) is 6.69. The number of aliphatic hydroxyl groups excluding tert-OH is 1. The Morgan fingerprint density at radius 2 is 1.86 bits per heavy atom. The van der Waals surface area contributed by atoms with Gasteiger partial charge in [0, 0.05) is 38.3 Å². The van der Waals surface area contributed by atoms with Gasteiger partial charge in [0.1, 0.15) is 0 Å². The topological polar surface area (TPSA) is 52.7 Å². The molecule has 1 saturated heterocycles. The minimum atomic E-state index is 0.0492. The number of hydrogen-bond donors (Lipinski definition) is 2. The third-order valence-corrected chi connectivity index (χ3v) is 3.12. The molecular weight excluding hydrogens is 178 g/mol. The third-order valence-electron chi connectivity index (χ3n) is 3.12. The van der Waals surface area contributed by atoms with Gasteiger partial charge in [0.2, 0.25) is 0 Å². The van der Waals surface area contributed by atoms with Crippen LogP contribution in [-0.2, 0) is 0 Å². The van der Waals surface area contributed by atoms with Crippen molar-refractivity contribution in [3.8, 4) is 0 Å². The summed E-state index contributed by atoms with van der Waals surface area (Å²) in [5, 5.41) is 9.24. The lowest BCUT2D eigenvalue weighted by Gasteiger charge is -2.39. The van der Waals surface area contributed by atoms with Crippen LogP contribution in [0.2, 0.25) is 0 Å². The second-order valence-electron chi connectivity index (χ2n) is 4.08. The molecule has 1 aliphatic heterocycles. The Kier molecular flexibility index (Phi) is 4.81. The molecule has 0 aromatic carbocycles. The van der Waals surface area contributed by atoms with E-state index in [1.54, 1.807) is 0 Å². The number of nitrogens with zero attached hydrogens (tertiary/aromatic N) is 2. The molecular formula is C10H23N3O. The number of aliphatic hydroxyl groups is 1. The maximum Gasteiger partial charge on any atom is 0.0601 e. The Morgan fingerprint density at radius 3 is 2.21 bits per heavy atom. The summed E-state index contributed by atoms with van der Waals surface area (Å²) >= 11 is 0. The smallest absolute Gasteiger partial charge is 0.0601 e. The zero-order valence-electron chi connectivity index (χ0n) is 9.32. The van der Waals surface area contributed by atoms with Crippen LogP contribution >= 0.6 is 0 Å². The van der Waals surface area contributed by atoms with Gasteiger partial charge in [-0.15, -0.1) is 0 Å². The lowest BCUT2D eigenvalue weighted by molar-refractivity contribution is 0.0580. The Bertz CT molecular complexity index is 155. The molecule has 4 heteroatoms. The van der Waals surface area contributed by atoms with Gasteiger partial charge in [-0.2, -0.15) is 0 Å². The second kappa shape index (κ2) is 5.66. The Morgan fingerprint density at radius 1 is 1.29 bits per heavy atom. The number of likely N-dealkylation sites (N-methyl/N-ethyl adjacent to an activating group) is 1. The molecule has 0 saturated carbocycles. The lowest BCUT2D eigenvalue weighted by atomic mass is 10.1. The van der Waals surface area contributed by atoms with Crippen LogP contribution in [0.15, 0.2) is 0 Å². The highest BCUT2D eigenvalue weighted by molar-refractivity contribution is 4.82. The van der Waals surface area contributed by atoms with Crippen LogP contribution in [0.25, 0.3) is 0 Å². The van der Waals surface area contributed by atoms with E-state index in [-0.39, 0.29) is 18.7 Å². The Hall–Kier alpha value is -0.160. The van der Waals surface area contributed by atoms with E-state index in [0.717, 1.165) is 32.7 Å². The summed E-state index contributed by atoms with van der Waals surface area (Å²) in [7, 11) is 0. The zero-order chi connectivity index (χ0) is 10.6. The molecule has 1 aliphatic rings. The van der Waals surface area contributed by atoms with Crippen LogP contribution < -0.4 is 5.73 Å². The average Bonchev–Trinajstić information content (AvgIpc) is 2.19. The number of piperazine rings is 1. The zero-order valence-corrected chi connectivity index (χ0v) is 9.32. The fourth-order valence-electron chi connectivity index (χ4n) is 2.03. The van der Waals surface area contributed by atoms with Crippen LogP contribution in [0.4, 0.5) is 0 Å². The Balaban J connectivity index is 2.39. The molecule has 0 amide bonds. The molecule has 0 spiro atoms. The molecule has 0 aromatic rings. The van der Waals surface area contributed by atoms with Gasteiger partial charge in [-0.1, -0.05) is 6.92 Å². The number of nitrogens with two attached hydrogens (primary N) is 1. The lowest BCUT2D eigenvalue weighted by Crippen LogP contribution is -2.56. The minimum Gasteiger partial charge on any atom is -0.395 e. The normalized spacial score (nSPS) is 24.9. The van der Waals surface area contributed by atoms with E-state index in [4.69, 9.17) is 5.73 Å². The van der Waals surface area contributed by atoms with E-state index in [9.17, 15) is 5.11 Å². The third kappa shape index (κ3) is 2.92. The summed E-state index contributed by atoms with van der Waals surface area (Å²) in [4.78, 5) is 4.73. The highest BCUT2D eigenvalue weighted by atomic mass is 16.3. The van der Waals surface area contributed by atoms with Gasteiger partial charge in [-0.3, -0.25) is 4.90 Å². The van der Waals surface area contributed by atoms with E-state index in [2.05, 4.69) is 16.7 Å². The maximum atomic E-state index is 9.24. The van der Waals surface area contributed by atoms with Gasteiger partial charge in [-0.05, 0) is 13.5 Å². The maximum absolute atomic E-state index is 9.24. The van der Waals surface area contributed by atoms with Crippen molar-refractivity contribution in [3.63, 3.8) is 0 Å². The highest BCUT2D eigenvalue weighted by Crippen LogP contribution is 2.08. The molecule has 0 radical (unpaired) electrons. The summed E-state index contributed by atoms with van der Waals surface area (Å²) in [6, 6.07) is 0.183. The molecule has 0 bridgehead atoms. The summed E-state index contributed by atoms with van der Waals surface area (Å²) in [6.45, 7) is 9.69. The predicted molar refractivity (Wildman–Crippen MR) is 58.2 cm³/mol. The molecule has 0 aliphatic carbocycles. The predicted octanol–water partition coefficient (Wildman–Crippen LogP) is -0.668. The fourth-order valence-corrected chi connectivity index (χ4v) is 2.03. The van der Waals surface area contributed by atoms with Crippen molar-refractivity contribution in [2.24, 2.45) is 5.73 Å². The highest BCUT2D eigenvalue weighted by Gasteiger charge is 2.24. The van der Waals surface area contributed by atoms with Gasteiger partial charge < -0.3 is 15.7 Å². The van der Waals surface area contributed by atoms with E-state index < -0.39 is 0 Å². The monoisotopic (exact) mass is 201 g/mol. The summed E-state index contributed by atoms with van der Waals surface area (Å²) < 4.78 is 0. The van der Waals surface area contributed by atoms with Crippen molar-refractivity contribution >= 4 is 0 Å². The first-order valence-corrected chi connectivity index (χ1v) is 5.51. The van der Waals surface area contributed by atoms with Crippen molar-refractivity contribution in [3.05, 3.63) is 0 Å². The van der Waals surface area contributed by atoms with E-state index in [1.165, 1.54) is 0 Å². The molecule has 4 nitrogen and oxygen atoms in total. The van der Waals surface area contributed by atoms with Gasteiger partial charge in [-0.25, -0.2) is 0 Å². The van der Waals surface area contributed by atoms with Crippen LogP contribution in [-0.4, -0.2) is 66.3 Å². The molecule has 1 fully saturated rings. The number of rotatable bonds is 4. The average molecular weight is 201 g/mol. The van der Waals surface area contributed by atoms with Gasteiger partial charge in [0.05, 0.1) is 6.61 Å². The molecule has 14 heavy (non-hydrogen) atoms. The van der Waals surface area contributed by atoms with E-state index >= 15 is 0 Å². The van der Waals surface area contributed by atoms with Gasteiger partial charge in [0.25, 0.3) is 0 Å². The quantitative estimate of drug-likeness (QED) is 0.633. The minimum absolute atomic E-state index is 0.0492. The molecule has 3 N–H and O–H groups in total. The van der Waals surface area contributed by atoms with E-state index in [0.29, 0.717) is 0 Å². The standard InChI is InChI=1S/C10H23N3O/c1-3-12-4-6-13(7-5-12)10(8-14)9(2)11/h9-10,14H,3-8,11H2,1-2H3. The summed E-state index contributed by atoms with van der Waals surface area (Å²) in [6.07, 6.45) is 0. The van der Waals surface area contributed by atoms with Crippen LogP contribution in [0.3, 0.4) is 0 Å². The molecule has 0 aromatic heterocycles. The van der Waals surface area contributed by atoms with Crippen molar-refractivity contribution in [1.29, 1.82) is 0 Å². The molecule has 2 unspecified atom stereocenters. The second-order valence-corrected chi connectivity index (χ2v) is 4.08.